The van der Waals surface area contributed by atoms with Gasteiger partial charge in [0.15, 0.2) is 16.9 Å². The Labute approximate surface area is 114 Å². The molecule has 0 unspecified atom stereocenters. The smallest absolute Gasteiger partial charge is 0.184 e. The molecule has 0 rings (SSSR count). The van der Waals surface area contributed by atoms with Gasteiger partial charge < -0.3 is 4.12 Å². The second-order valence-corrected chi connectivity index (χ2v) is 32.2. The summed E-state index contributed by atoms with van der Waals surface area (Å²) in [5.74, 6) is 0. The summed E-state index contributed by atoms with van der Waals surface area (Å²) in [7, 11) is -4.48. The van der Waals surface area contributed by atoms with Crippen LogP contribution in [-0.2, 0) is 4.12 Å². The van der Waals surface area contributed by atoms with Crippen LogP contribution in [0.15, 0.2) is 0 Å². The Morgan fingerprint density at radius 1 is 0.765 bits per heavy atom. The highest BCUT2D eigenvalue weighted by Gasteiger charge is 2.51. The lowest BCUT2D eigenvalue weighted by Gasteiger charge is -2.48. The Morgan fingerprint density at radius 2 is 1.12 bits per heavy atom. The molecule has 17 heavy (non-hydrogen) atoms. The van der Waals surface area contributed by atoms with Crippen LogP contribution in [0.1, 0.15) is 13.8 Å². The largest absolute Gasteiger partial charge is 0.458 e. The molecule has 0 bridgehead atoms. The lowest BCUT2D eigenvalue weighted by atomic mass is 10.5. The highest BCUT2D eigenvalue weighted by molar-refractivity contribution is 7.34. The first-order valence-electron chi connectivity index (χ1n) is 6.66. The molecule has 1 nitrogen and oxygen atoms in total. The average Bonchev–Trinajstić information content (AvgIpc) is 1.93. The van der Waals surface area contributed by atoms with E-state index in [2.05, 4.69) is 72.8 Å². The zero-order valence-electron chi connectivity index (χ0n) is 13.9. The zero-order chi connectivity index (χ0) is 14.3. The summed E-state index contributed by atoms with van der Waals surface area (Å²) >= 11 is 0. The number of hydrogen-bond acceptors (Lipinski definition) is 1. The van der Waals surface area contributed by atoms with Gasteiger partial charge in [-0.25, -0.2) is 0 Å². The average molecular weight is 306 g/mol. The van der Waals surface area contributed by atoms with Gasteiger partial charge in [-0.3, -0.25) is 0 Å². The third kappa shape index (κ3) is 5.14. The summed E-state index contributed by atoms with van der Waals surface area (Å²) in [4.78, 5) is 0. The van der Waals surface area contributed by atoms with Gasteiger partial charge in [-0.2, -0.15) is 0 Å². The van der Waals surface area contributed by atoms with E-state index < -0.39 is 32.5 Å². The highest BCUT2D eigenvalue weighted by atomic mass is 29.2. The molecule has 0 aromatic carbocycles. The van der Waals surface area contributed by atoms with Crippen LogP contribution >= 0.6 is 0 Å². The molecule has 0 saturated carbocycles. The van der Waals surface area contributed by atoms with Crippen molar-refractivity contribution in [1.29, 1.82) is 0 Å². The lowest BCUT2D eigenvalue weighted by Crippen LogP contribution is -2.61. The molecule has 0 saturated heterocycles. The number of hydrogen-bond donors (Lipinski definition) is 0. The fourth-order valence-electron chi connectivity index (χ4n) is 1.86. The first-order valence-corrected chi connectivity index (χ1v) is 19.5. The molecule has 0 heterocycles. The molecule has 0 amide bonds. The van der Waals surface area contributed by atoms with Gasteiger partial charge >= 0.3 is 0 Å². The van der Waals surface area contributed by atoms with E-state index in [0.717, 1.165) is 0 Å². The minimum Gasteiger partial charge on any atom is -0.458 e. The lowest BCUT2D eigenvalue weighted by molar-refractivity contribution is 0.556. The Morgan fingerprint density at radius 3 is 1.29 bits per heavy atom. The summed E-state index contributed by atoms with van der Waals surface area (Å²) in [6.07, 6.45) is 0. The molecular weight excluding hydrogens is 272 g/mol. The van der Waals surface area contributed by atoms with Crippen LogP contribution in [0.4, 0.5) is 0 Å². The molecule has 1 radical (unpaired) electrons. The fourth-order valence-corrected chi connectivity index (χ4v) is 29.5. The minimum atomic E-state index is -1.42. The maximum absolute atomic E-state index is 6.73. The molecule has 0 fully saturated rings. The summed E-state index contributed by atoms with van der Waals surface area (Å²) in [6.45, 7) is 27.0. The predicted molar refractivity (Wildman–Crippen MR) is 90.9 cm³/mol. The van der Waals surface area contributed by atoms with E-state index in [0.29, 0.717) is 4.66 Å². The van der Waals surface area contributed by atoms with Crippen molar-refractivity contribution in [2.24, 2.45) is 0 Å². The van der Waals surface area contributed by atoms with Crippen LogP contribution in [-0.4, -0.2) is 32.5 Å². The van der Waals surface area contributed by atoms with Crippen LogP contribution in [0.5, 0.6) is 0 Å². The van der Waals surface area contributed by atoms with Crippen molar-refractivity contribution in [3.8, 4) is 0 Å². The van der Waals surface area contributed by atoms with Crippen LogP contribution in [0, 0.1) is 0 Å². The van der Waals surface area contributed by atoms with Crippen molar-refractivity contribution in [2.45, 2.75) is 77.4 Å². The third-order valence-electron chi connectivity index (χ3n) is 3.53. The van der Waals surface area contributed by atoms with Crippen LogP contribution in [0.3, 0.4) is 0 Å². The molecule has 0 aliphatic carbocycles. The summed E-state index contributed by atoms with van der Waals surface area (Å²) < 4.78 is 7.19. The van der Waals surface area contributed by atoms with Gasteiger partial charge in [0.05, 0.1) is 7.59 Å². The molecule has 0 atom stereocenters. The van der Waals surface area contributed by atoms with Crippen molar-refractivity contribution in [3.63, 3.8) is 0 Å². The van der Waals surface area contributed by atoms with E-state index in [-0.39, 0.29) is 0 Å². The molecule has 103 valence electrons. The second-order valence-electron chi connectivity index (χ2n) is 8.67. The minimum absolute atomic E-state index is 0.461. The van der Waals surface area contributed by atoms with E-state index in [4.69, 9.17) is 4.12 Å². The highest BCUT2D eigenvalue weighted by Crippen LogP contribution is 2.43. The molecule has 0 aliphatic rings. The molecular formula is C12H33OSi4. The van der Waals surface area contributed by atoms with Gasteiger partial charge in [0.25, 0.3) is 0 Å². The van der Waals surface area contributed by atoms with Crippen molar-refractivity contribution in [2.75, 3.05) is 0 Å². The van der Waals surface area contributed by atoms with E-state index >= 15 is 0 Å². The zero-order valence-corrected chi connectivity index (χ0v) is 17.9. The summed E-state index contributed by atoms with van der Waals surface area (Å²) in [5.41, 5.74) is 0. The first kappa shape index (κ1) is 17.8. The Balaban J connectivity index is 5.36. The molecule has 0 N–H and O–H groups in total. The molecule has 5 heteroatoms. The van der Waals surface area contributed by atoms with Crippen molar-refractivity contribution >= 4 is 32.5 Å². The standard InChI is InChI=1S/C12H33OSi4/c1-12(2,15(3,4)5)14(17(9,10)11)13-16(6,7)8/h1-11H3. The first-order chi connectivity index (χ1) is 7.09. The predicted octanol–water partition coefficient (Wildman–Crippen LogP) is 4.90. The molecule has 0 aromatic rings. The van der Waals surface area contributed by atoms with E-state index in [9.17, 15) is 0 Å². The number of rotatable bonds is 5. The summed E-state index contributed by atoms with van der Waals surface area (Å²) in [6, 6.07) is 0. The van der Waals surface area contributed by atoms with Crippen LogP contribution in [0.2, 0.25) is 63.6 Å². The monoisotopic (exact) mass is 305 g/mol. The summed E-state index contributed by atoms with van der Waals surface area (Å²) in [5, 5.41) is 0. The van der Waals surface area contributed by atoms with Crippen molar-refractivity contribution in [1.82, 2.24) is 0 Å². The maximum Gasteiger partial charge on any atom is 0.184 e. The quantitative estimate of drug-likeness (QED) is 0.656. The fraction of sp³-hybridized carbons (Fsp3) is 1.00. The van der Waals surface area contributed by atoms with Gasteiger partial charge in [0, 0.05) is 8.07 Å². The van der Waals surface area contributed by atoms with Crippen LogP contribution < -0.4 is 0 Å². The molecule has 0 spiro atoms. The normalized spacial score (nSPS) is 15.5. The maximum atomic E-state index is 6.73. The Hall–Kier alpha value is 0.828. The molecule has 0 aromatic heterocycles. The molecule has 0 aliphatic heterocycles. The van der Waals surface area contributed by atoms with Crippen molar-refractivity contribution < 1.29 is 4.12 Å². The Bertz CT molecular complexity index is 255. The topological polar surface area (TPSA) is 9.23 Å². The van der Waals surface area contributed by atoms with Crippen LogP contribution in [0.25, 0.3) is 0 Å². The van der Waals surface area contributed by atoms with E-state index in [1.807, 2.05) is 0 Å². The Kier molecular flexibility index (Phi) is 5.32. The van der Waals surface area contributed by atoms with Gasteiger partial charge in [-0.15, -0.1) is 0 Å². The second kappa shape index (κ2) is 5.07. The van der Waals surface area contributed by atoms with E-state index in [1.165, 1.54) is 0 Å². The van der Waals surface area contributed by atoms with Gasteiger partial charge in [0.1, 0.15) is 0 Å². The van der Waals surface area contributed by atoms with Gasteiger partial charge in [-0.1, -0.05) is 53.1 Å². The van der Waals surface area contributed by atoms with E-state index in [1.54, 1.807) is 0 Å². The van der Waals surface area contributed by atoms with Gasteiger partial charge in [0.2, 0.25) is 0 Å². The third-order valence-corrected chi connectivity index (χ3v) is 23.6. The SMILES string of the molecule is CC(C)([Si](O[Si](C)(C)C)[Si](C)(C)C)[Si](C)(C)C. The van der Waals surface area contributed by atoms with Gasteiger partial charge in [-0.05, 0) is 24.3 Å². The van der Waals surface area contributed by atoms with Crippen molar-refractivity contribution in [3.05, 3.63) is 0 Å².